The van der Waals surface area contributed by atoms with E-state index in [0.29, 0.717) is 72.9 Å². The van der Waals surface area contributed by atoms with Crippen molar-refractivity contribution in [1.82, 2.24) is 19.9 Å². The number of rotatable bonds is 7. The van der Waals surface area contributed by atoms with E-state index in [1.54, 1.807) is 6.07 Å². The highest BCUT2D eigenvalue weighted by atomic mass is 19.1. The molecule has 0 amide bonds. The first-order chi connectivity index (χ1) is 22.6. The first kappa shape index (κ1) is 31.4. The number of hydrogen-bond donors (Lipinski definition) is 1. The zero-order valence-corrected chi connectivity index (χ0v) is 26.8. The normalized spacial score (nSPS) is 22.6. The number of esters is 1. The van der Waals surface area contributed by atoms with Crippen LogP contribution in [0.3, 0.4) is 0 Å². The highest BCUT2D eigenvalue weighted by Gasteiger charge is 2.49. The molecule has 3 fully saturated rings. The molecule has 2 atom stereocenters. The van der Waals surface area contributed by atoms with Gasteiger partial charge in [-0.25, -0.2) is 13.2 Å². The third-order valence-electron chi connectivity index (χ3n) is 10.5. The Morgan fingerprint density at radius 2 is 1.91 bits per heavy atom. The number of carbonyl (C=O) groups is 1. The Morgan fingerprint density at radius 3 is 2.66 bits per heavy atom. The molecule has 248 valence electrons. The van der Waals surface area contributed by atoms with E-state index in [0.717, 1.165) is 19.4 Å². The Hall–Kier alpha value is -4.19. The zero-order valence-electron chi connectivity index (χ0n) is 26.8. The Bertz CT molecular complexity index is 1880. The number of benzene rings is 2. The fourth-order valence-corrected chi connectivity index (χ4v) is 7.86. The van der Waals surface area contributed by atoms with Gasteiger partial charge in [-0.3, -0.25) is 14.7 Å². The molecule has 0 aliphatic carbocycles. The van der Waals surface area contributed by atoms with Crippen molar-refractivity contribution in [2.75, 3.05) is 44.8 Å². The number of carbonyl (C=O) groups excluding carboxylic acids is 1. The van der Waals surface area contributed by atoms with Crippen LogP contribution in [0, 0.1) is 17.0 Å². The summed E-state index contributed by atoms with van der Waals surface area (Å²) in [4.78, 5) is 30.4. The summed E-state index contributed by atoms with van der Waals surface area (Å²) in [5.74, 6) is -1.18. The van der Waals surface area contributed by atoms with E-state index in [1.165, 1.54) is 31.5 Å². The maximum atomic E-state index is 16.8. The SMILES string of the molecule is CCc1c(F)ccc2cc(O)cc(-c3ncc4c(N5CCC(C)(C(=O)OC)CC5)nc(OC[C@@]56CCCN5C[C@H](F)C6)nc4c3F)c12. The molecule has 0 bridgehead atoms. The average molecular weight is 650 g/mol. The summed E-state index contributed by atoms with van der Waals surface area (Å²) in [6.07, 6.45) is 3.96. The summed E-state index contributed by atoms with van der Waals surface area (Å²) < 4.78 is 57.5. The summed E-state index contributed by atoms with van der Waals surface area (Å²) >= 11 is 0. The maximum absolute atomic E-state index is 16.8. The number of ether oxygens (including phenoxy) is 2. The van der Waals surface area contributed by atoms with Gasteiger partial charge in [-0.1, -0.05) is 13.0 Å². The molecule has 2 aromatic carbocycles. The Kier molecular flexibility index (Phi) is 7.89. The van der Waals surface area contributed by atoms with Gasteiger partial charge in [0.05, 0.1) is 23.4 Å². The highest BCUT2D eigenvalue weighted by molar-refractivity contribution is 6.01. The highest BCUT2D eigenvalue weighted by Crippen LogP contribution is 2.42. The summed E-state index contributed by atoms with van der Waals surface area (Å²) in [6, 6.07) is 5.74. The van der Waals surface area contributed by atoms with Gasteiger partial charge in [0.15, 0.2) is 5.82 Å². The number of aryl methyl sites for hydroxylation is 1. The van der Waals surface area contributed by atoms with Gasteiger partial charge < -0.3 is 19.5 Å². The molecular formula is C35H38F3N5O4. The summed E-state index contributed by atoms with van der Waals surface area (Å²) in [6.45, 7) is 5.89. The lowest BCUT2D eigenvalue weighted by Gasteiger charge is -2.38. The number of phenols is 1. The van der Waals surface area contributed by atoms with Crippen LogP contribution in [0.4, 0.5) is 19.0 Å². The Morgan fingerprint density at radius 1 is 1.13 bits per heavy atom. The minimum atomic E-state index is -0.939. The van der Waals surface area contributed by atoms with Gasteiger partial charge in [0, 0.05) is 37.8 Å². The van der Waals surface area contributed by atoms with Crippen LogP contribution in [0.15, 0.2) is 30.5 Å². The number of aromatic nitrogens is 3. The molecule has 1 N–H and O–H groups in total. The molecule has 47 heavy (non-hydrogen) atoms. The van der Waals surface area contributed by atoms with Crippen molar-refractivity contribution >= 4 is 33.5 Å². The van der Waals surface area contributed by atoms with Gasteiger partial charge in [0.25, 0.3) is 0 Å². The molecule has 4 aromatic rings. The summed E-state index contributed by atoms with van der Waals surface area (Å²) in [7, 11) is 1.38. The van der Waals surface area contributed by atoms with Crippen LogP contribution >= 0.6 is 0 Å². The van der Waals surface area contributed by atoms with Crippen LogP contribution in [0.2, 0.25) is 0 Å². The minimum absolute atomic E-state index is 0.0437. The number of piperidine rings is 1. The van der Waals surface area contributed by atoms with Crippen LogP contribution in [0.5, 0.6) is 11.8 Å². The Labute approximate surface area is 270 Å². The van der Waals surface area contributed by atoms with Crippen LogP contribution in [0.1, 0.15) is 51.5 Å². The van der Waals surface area contributed by atoms with Crippen LogP contribution in [-0.4, -0.2) is 82.5 Å². The van der Waals surface area contributed by atoms with E-state index in [-0.39, 0.29) is 41.1 Å². The number of pyridine rings is 1. The molecule has 2 aromatic heterocycles. The predicted molar refractivity (Wildman–Crippen MR) is 171 cm³/mol. The van der Waals surface area contributed by atoms with Gasteiger partial charge in [0.2, 0.25) is 0 Å². The van der Waals surface area contributed by atoms with Crippen molar-refractivity contribution in [3.63, 3.8) is 0 Å². The summed E-state index contributed by atoms with van der Waals surface area (Å²) in [5, 5.41) is 11.9. The quantitative estimate of drug-likeness (QED) is 0.237. The van der Waals surface area contributed by atoms with Crippen LogP contribution in [0.25, 0.3) is 32.9 Å². The van der Waals surface area contributed by atoms with Crippen molar-refractivity contribution in [1.29, 1.82) is 0 Å². The molecule has 0 spiro atoms. The van der Waals surface area contributed by atoms with Gasteiger partial charge in [-0.2, -0.15) is 9.97 Å². The molecule has 9 nitrogen and oxygen atoms in total. The number of nitrogens with zero attached hydrogens (tertiary/aromatic N) is 5. The molecule has 12 heteroatoms. The van der Waals surface area contributed by atoms with E-state index in [4.69, 9.17) is 14.5 Å². The second kappa shape index (κ2) is 11.8. The number of hydrogen-bond acceptors (Lipinski definition) is 9. The van der Waals surface area contributed by atoms with Gasteiger partial charge >= 0.3 is 12.0 Å². The Balaban J connectivity index is 1.35. The number of halogens is 3. The molecular weight excluding hydrogens is 611 g/mol. The van der Waals surface area contributed by atoms with Gasteiger partial charge in [-0.05, 0) is 80.1 Å². The molecule has 5 heterocycles. The molecule has 3 aliphatic heterocycles. The maximum Gasteiger partial charge on any atom is 0.319 e. The molecule has 3 aliphatic rings. The first-order valence-corrected chi connectivity index (χ1v) is 16.2. The predicted octanol–water partition coefficient (Wildman–Crippen LogP) is 6.13. The monoisotopic (exact) mass is 649 g/mol. The lowest BCUT2D eigenvalue weighted by Crippen LogP contribution is -2.44. The van der Waals surface area contributed by atoms with Crippen LogP contribution in [-0.2, 0) is 16.0 Å². The second-order valence-corrected chi connectivity index (χ2v) is 13.4. The molecule has 0 unspecified atom stereocenters. The van der Waals surface area contributed by atoms with Crippen LogP contribution < -0.4 is 9.64 Å². The van der Waals surface area contributed by atoms with E-state index < -0.39 is 28.8 Å². The van der Waals surface area contributed by atoms with E-state index in [9.17, 15) is 18.7 Å². The number of methoxy groups -OCH3 is 1. The zero-order chi connectivity index (χ0) is 33.1. The number of anilines is 1. The third kappa shape index (κ3) is 5.30. The molecule has 0 saturated carbocycles. The molecule has 3 saturated heterocycles. The topological polar surface area (TPSA) is 101 Å². The number of aromatic hydroxyl groups is 1. The number of fused-ring (bicyclic) bond motifs is 3. The van der Waals surface area contributed by atoms with Gasteiger partial charge in [0.1, 0.15) is 41.4 Å². The average Bonchev–Trinajstić information content (AvgIpc) is 3.59. The fourth-order valence-electron chi connectivity index (χ4n) is 7.86. The lowest BCUT2D eigenvalue weighted by molar-refractivity contribution is -0.152. The van der Waals surface area contributed by atoms with E-state index in [1.807, 2.05) is 18.7 Å². The number of phenolic OH excluding ortho intramolecular Hbond substituents is 1. The summed E-state index contributed by atoms with van der Waals surface area (Å²) in [5.41, 5.74) is -0.639. The largest absolute Gasteiger partial charge is 0.508 e. The van der Waals surface area contributed by atoms with Gasteiger partial charge in [-0.15, -0.1) is 0 Å². The van der Waals surface area contributed by atoms with Crippen molar-refractivity contribution < 1.29 is 32.5 Å². The molecule has 7 rings (SSSR count). The minimum Gasteiger partial charge on any atom is -0.508 e. The van der Waals surface area contributed by atoms with Crippen molar-refractivity contribution in [3.05, 3.63) is 47.7 Å². The van der Waals surface area contributed by atoms with Crippen molar-refractivity contribution in [2.24, 2.45) is 5.41 Å². The molecule has 0 radical (unpaired) electrons. The van der Waals surface area contributed by atoms with E-state index >= 15 is 4.39 Å². The smallest absolute Gasteiger partial charge is 0.319 e. The van der Waals surface area contributed by atoms with Crippen molar-refractivity contribution in [3.8, 4) is 23.0 Å². The standard InChI is InChI=1S/C35H38F3N5O4/c1-4-23-26(37)7-6-20-14-22(44)15-24(27(20)23)29-28(38)30-25(17-39-29)31(42-12-9-34(2,10-13-42)32(45)46-3)41-33(40-30)47-19-35-8-5-11-43(35)18-21(36)16-35/h6-7,14-15,17,21,44H,4-5,8-13,16,18-19H2,1-3H3/t21-,35+/m1/s1. The van der Waals surface area contributed by atoms with E-state index in [2.05, 4.69) is 14.9 Å². The second-order valence-electron chi connectivity index (χ2n) is 13.4. The lowest BCUT2D eigenvalue weighted by atomic mass is 9.80. The number of alkyl halides is 1. The fraction of sp³-hybridized carbons (Fsp3) is 0.486. The van der Waals surface area contributed by atoms with Crippen molar-refractivity contribution in [2.45, 2.75) is 64.1 Å². The first-order valence-electron chi connectivity index (χ1n) is 16.2. The third-order valence-corrected chi connectivity index (χ3v) is 10.5.